The number of carbonyl (C=O) groups is 1. The Bertz CT molecular complexity index is 1160. The van der Waals surface area contributed by atoms with E-state index in [1.54, 1.807) is 55.5 Å². The van der Waals surface area contributed by atoms with Gasteiger partial charge in [-0.2, -0.15) is 13.2 Å². The number of ether oxygens (including phenoxy) is 1. The summed E-state index contributed by atoms with van der Waals surface area (Å²) in [6, 6.07) is 13.3. The number of halogens is 3. The fourth-order valence-electron chi connectivity index (χ4n) is 3.83. The summed E-state index contributed by atoms with van der Waals surface area (Å²) in [4.78, 5) is 18.6. The lowest BCUT2D eigenvalue weighted by Gasteiger charge is -2.17. The Morgan fingerprint density at radius 1 is 1.18 bits per heavy atom. The van der Waals surface area contributed by atoms with Crippen molar-refractivity contribution in [1.29, 1.82) is 0 Å². The highest BCUT2D eigenvalue weighted by Crippen LogP contribution is 2.34. The van der Waals surface area contributed by atoms with E-state index in [1.807, 2.05) is 6.92 Å². The van der Waals surface area contributed by atoms with Crippen LogP contribution < -0.4 is 4.74 Å². The van der Waals surface area contributed by atoms with Crippen molar-refractivity contribution >= 4 is 11.5 Å². The lowest BCUT2D eigenvalue weighted by Crippen LogP contribution is -2.15. The molecule has 8 heteroatoms. The van der Waals surface area contributed by atoms with Crippen molar-refractivity contribution in [2.45, 2.75) is 45.8 Å². The van der Waals surface area contributed by atoms with Gasteiger partial charge in [0.2, 0.25) is 0 Å². The molecule has 0 aliphatic rings. The van der Waals surface area contributed by atoms with E-state index in [4.69, 9.17) is 11.3 Å². The van der Waals surface area contributed by atoms with Crippen molar-refractivity contribution in [3.8, 4) is 17.1 Å². The van der Waals surface area contributed by atoms with Gasteiger partial charge in [-0.15, -0.1) is 0 Å². The second-order valence-corrected chi connectivity index (χ2v) is 8.32. The van der Waals surface area contributed by atoms with Crippen molar-refractivity contribution in [2.75, 3.05) is 6.61 Å². The molecule has 5 nitrogen and oxygen atoms in total. The molecule has 0 saturated carbocycles. The van der Waals surface area contributed by atoms with Crippen molar-refractivity contribution in [2.24, 2.45) is 5.92 Å². The van der Waals surface area contributed by atoms with Gasteiger partial charge in [0, 0.05) is 17.5 Å². The van der Waals surface area contributed by atoms with Gasteiger partial charge < -0.3 is 14.1 Å². The molecule has 2 aromatic carbocycles. The van der Waals surface area contributed by atoms with Crippen LogP contribution in [0.1, 0.15) is 44.4 Å². The molecule has 0 aliphatic carbocycles. The molecule has 0 bridgehead atoms. The van der Waals surface area contributed by atoms with E-state index in [9.17, 15) is 18.0 Å². The number of Topliss-reactive ketones (excluding diaryl/α,β-unsaturated/α-hetero) is 1. The Kier molecular flexibility index (Phi) is 8.11. The lowest BCUT2D eigenvalue weighted by molar-refractivity contribution is -0.143. The highest BCUT2D eigenvalue weighted by molar-refractivity contribution is 5.75. The third-order valence-corrected chi connectivity index (χ3v) is 5.44. The zero-order valence-corrected chi connectivity index (χ0v) is 19.1. The van der Waals surface area contributed by atoms with Crippen LogP contribution >= 0.6 is 0 Å². The van der Waals surface area contributed by atoms with Gasteiger partial charge in [0.1, 0.15) is 23.1 Å². The predicted molar refractivity (Wildman–Crippen MR) is 124 cm³/mol. The van der Waals surface area contributed by atoms with E-state index >= 15 is 0 Å². The van der Waals surface area contributed by atoms with Crippen LogP contribution in [0.2, 0.25) is 0 Å². The SMILES string of the molecule is [C-]#[N+]c1ccc(-c2ncc(C(F)(F)F)n2Cc2ccccc2OCCC[C@@H](C)CC(C)=O)cc1. The predicted octanol–water partition coefficient (Wildman–Crippen LogP) is 6.94. The van der Waals surface area contributed by atoms with Crippen LogP contribution in [0.5, 0.6) is 5.75 Å². The second kappa shape index (κ2) is 11.0. The minimum Gasteiger partial charge on any atom is -0.493 e. The van der Waals surface area contributed by atoms with Gasteiger partial charge >= 0.3 is 6.18 Å². The molecule has 0 spiro atoms. The van der Waals surface area contributed by atoms with Crippen LogP contribution in [-0.2, 0) is 17.5 Å². The van der Waals surface area contributed by atoms with Gasteiger partial charge in [-0.25, -0.2) is 9.83 Å². The van der Waals surface area contributed by atoms with Crippen LogP contribution in [-0.4, -0.2) is 21.9 Å². The zero-order valence-electron chi connectivity index (χ0n) is 19.1. The van der Waals surface area contributed by atoms with Crippen molar-refractivity contribution in [1.82, 2.24) is 9.55 Å². The summed E-state index contributed by atoms with van der Waals surface area (Å²) in [6.07, 6.45) is -1.66. The number of imidazole rings is 1. The topological polar surface area (TPSA) is 48.5 Å². The molecular weight excluding hydrogens is 443 g/mol. The molecule has 3 aromatic rings. The van der Waals surface area contributed by atoms with E-state index in [0.29, 0.717) is 35.6 Å². The van der Waals surface area contributed by atoms with Gasteiger partial charge in [0.15, 0.2) is 5.69 Å². The Balaban J connectivity index is 1.83. The third kappa shape index (κ3) is 6.47. The Morgan fingerprint density at radius 2 is 1.88 bits per heavy atom. The summed E-state index contributed by atoms with van der Waals surface area (Å²) in [5.41, 5.74) is 0.626. The van der Waals surface area contributed by atoms with Gasteiger partial charge in [-0.3, -0.25) is 0 Å². The van der Waals surface area contributed by atoms with Crippen LogP contribution in [0.25, 0.3) is 16.2 Å². The molecule has 0 amide bonds. The number of hydrogen-bond acceptors (Lipinski definition) is 3. The lowest BCUT2D eigenvalue weighted by atomic mass is 10.00. The fraction of sp³-hybridized carbons (Fsp3) is 0.346. The van der Waals surface area contributed by atoms with E-state index in [-0.39, 0.29) is 24.1 Å². The number of rotatable bonds is 10. The first kappa shape index (κ1) is 25.0. The smallest absolute Gasteiger partial charge is 0.433 e. The molecule has 0 fully saturated rings. The molecule has 0 saturated heterocycles. The number of ketones is 1. The molecule has 0 radical (unpaired) electrons. The van der Waals surface area contributed by atoms with Crippen molar-refractivity contribution < 1.29 is 22.7 Å². The minimum atomic E-state index is -4.58. The first-order valence-electron chi connectivity index (χ1n) is 11.0. The number of benzene rings is 2. The average Bonchev–Trinajstić information content (AvgIpc) is 3.21. The second-order valence-electron chi connectivity index (χ2n) is 8.32. The first-order chi connectivity index (χ1) is 16.2. The maximum Gasteiger partial charge on any atom is 0.433 e. The molecule has 1 heterocycles. The number of para-hydroxylation sites is 1. The monoisotopic (exact) mass is 469 g/mol. The number of hydrogen-bond donors (Lipinski definition) is 0. The largest absolute Gasteiger partial charge is 0.493 e. The van der Waals surface area contributed by atoms with Crippen LogP contribution in [0.3, 0.4) is 0 Å². The quantitative estimate of drug-likeness (QED) is 0.239. The van der Waals surface area contributed by atoms with Gasteiger partial charge in [-0.1, -0.05) is 49.4 Å². The summed E-state index contributed by atoms with van der Waals surface area (Å²) in [5, 5.41) is 0. The molecule has 0 N–H and O–H groups in total. The molecule has 3 rings (SSSR count). The van der Waals surface area contributed by atoms with E-state index < -0.39 is 11.9 Å². The van der Waals surface area contributed by atoms with E-state index in [1.165, 1.54) is 0 Å². The zero-order chi connectivity index (χ0) is 24.7. The molecule has 34 heavy (non-hydrogen) atoms. The standard InChI is InChI=1S/C26H26F3N3O2/c1-18(15-19(2)33)7-6-14-34-23-9-5-4-8-21(23)17-32-24(26(27,28)29)16-31-25(32)20-10-12-22(30-3)13-11-20/h4-5,8-13,16,18H,6-7,14-15,17H2,1-2H3/t18-/m1/s1. The van der Waals surface area contributed by atoms with Crippen LogP contribution in [0.4, 0.5) is 18.9 Å². The van der Waals surface area contributed by atoms with Crippen molar-refractivity contribution in [3.05, 3.63) is 77.4 Å². The first-order valence-corrected chi connectivity index (χ1v) is 11.0. The summed E-state index contributed by atoms with van der Waals surface area (Å²) in [5.74, 6) is 1.09. The Hall–Kier alpha value is -3.60. The molecule has 1 aromatic heterocycles. The van der Waals surface area contributed by atoms with Crippen molar-refractivity contribution in [3.63, 3.8) is 0 Å². The molecule has 0 aliphatic heterocycles. The van der Waals surface area contributed by atoms with Gasteiger partial charge in [0.05, 0.1) is 25.9 Å². The van der Waals surface area contributed by atoms with Gasteiger partial charge in [-0.05, 0) is 31.7 Å². The molecule has 0 unspecified atom stereocenters. The average molecular weight is 470 g/mol. The summed E-state index contributed by atoms with van der Waals surface area (Å²) in [6.45, 7) is 11.0. The Labute approximate surface area is 197 Å². The summed E-state index contributed by atoms with van der Waals surface area (Å²) in [7, 11) is 0. The minimum absolute atomic E-state index is 0.0777. The van der Waals surface area contributed by atoms with E-state index in [2.05, 4.69) is 9.83 Å². The summed E-state index contributed by atoms with van der Waals surface area (Å²) >= 11 is 0. The van der Waals surface area contributed by atoms with Crippen LogP contribution in [0, 0.1) is 12.5 Å². The Morgan fingerprint density at radius 3 is 2.53 bits per heavy atom. The maximum atomic E-state index is 13.8. The number of aromatic nitrogens is 2. The number of alkyl halides is 3. The number of nitrogens with zero attached hydrogens (tertiary/aromatic N) is 3. The highest BCUT2D eigenvalue weighted by atomic mass is 19.4. The normalized spacial score (nSPS) is 12.2. The summed E-state index contributed by atoms with van der Waals surface area (Å²) < 4.78 is 48.3. The molecule has 1 atom stereocenters. The number of carbonyl (C=O) groups excluding carboxylic acids is 1. The third-order valence-electron chi connectivity index (χ3n) is 5.44. The van der Waals surface area contributed by atoms with E-state index in [0.717, 1.165) is 23.6 Å². The van der Waals surface area contributed by atoms with Crippen LogP contribution in [0.15, 0.2) is 54.7 Å². The molecule has 178 valence electrons. The maximum absolute atomic E-state index is 13.8. The highest BCUT2D eigenvalue weighted by Gasteiger charge is 2.36. The fourth-order valence-corrected chi connectivity index (χ4v) is 3.83. The molecular formula is C26H26F3N3O2. The van der Waals surface area contributed by atoms with Gasteiger partial charge in [0.25, 0.3) is 0 Å².